The topological polar surface area (TPSA) is 99.2 Å². The van der Waals surface area contributed by atoms with Crippen LogP contribution in [0.1, 0.15) is 28.5 Å². The molecule has 0 unspecified atom stereocenters. The van der Waals surface area contributed by atoms with Gasteiger partial charge in [0, 0.05) is 30.7 Å². The van der Waals surface area contributed by atoms with E-state index in [2.05, 4.69) is 10.3 Å². The SMILES string of the molecule is COc1cc(C=C2C(C)=C(CNC(=O)Cc3cncs3)c3cc(F)ccc32)cc(OC)c1OC(=O)N1CCOCC1. The van der Waals surface area contributed by atoms with E-state index in [-0.39, 0.29) is 30.4 Å². The second-order valence-corrected chi connectivity index (χ2v) is 10.5. The number of ether oxygens (including phenoxy) is 4. The van der Waals surface area contributed by atoms with Gasteiger partial charge in [-0.25, -0.2) is 9.18 Å². The number of benzene rings is 2. The largest absolute Gasteiger partial charge is 0.493 e. The summed E-state index contributed by atoms with van der Waals surface area (Å²) >= 11 is 1.42. The number of hydrogen-bond acceptors (Lipinski definition) is 8. The molecular weight excluding hydrogens is 549 g/mol. The molecule has 5 rings (SSSR count). The Kier molecular flexibility index (Phi) is 8.65. The van der Waals surface area contributed by atoms with Gasteiger partial charge in [-0.2, -0.15) is 0 Å². The Morgan fingerprint density at radius 2 is 1.85 bits per heavy atom. The first-order valence-electron chi connectivity index (χ1n) is 13.0. The summed E-state index contributed by atoms with van der Waals surface area (Å²) in [5, 5.41) is 2.96. The standard InChI is InChI=1S/C30H30FN3O6S/c1-18-23(22-5-4-20(31)13-24(22)25(18)16-33-28(35)14-21-15-32-17-41-21)10-19-11-26(37-2)29(27(12-19)38-3)40-30(36)34-6-8-39-9-7-34/h4-5,10-13,15,17H,6-9,14,16H2,1-3H3,(H,33,35). The van der Waals surface area contributed by atoms with E-state index in [1.165, 1.54) is 37.7 Å². The quantitative estimate of drug-likeness (QED) is 0.409. The summed E-state index contributed by atoms with van der Waals surface area (Å²) in [4.78, 5) is 31.8. The van der Waals surface area contributed by atoms with Crippen molar-refractivity contribution in [3.63, 3.8) is 0 Å². The fourth-order valence-corrected chi connectivity index (χ4v) is 5.46. The van der Waals surface area contributed by atoms with E-state index in [4.69, 9.17) is 18.9 Å². The molecule has 1 aliphatic heterocycles. The number of amides is 2. The molecule has 0 radical (unpaired) electrons. The molecule has 0 saturated carbocycles. The number of rotatable bonds is 8. The number of carbonyl (C=O) groups is 2. The lowest BCUT2D eigenvalue weighted by molar-refractivity contribution is -0.120. The molecular formula is C30H30FN3O6S. The predicted octanol–water partition coefficient (Wildman–Crippen LogP) is 4.82. The third kappa shape index (κ3) is 6.26. The number of thiazole rings is 1. The highest BCUT2D eigenvalue weighted by atomic mass is 32.1. The van der Waals surface area contributed by atoms with Crippen molar-refractivity contribution >= 4 is 40.6 Å². The molecule has 0 atom stereocenters. The average Bonchev–Trinajstić information content (AvgIpc) is 3.58. The monoisotopic (exact) mass is 579 g/mol. The number of allylic oxidation sites excluding steroid dienone is 2. The number of methoxy groups -OCH3 is 2. The van der Waals surface area contributed by atoms with Crippen LogP contribution in [0.15, 0.2) is 47.6 Å². The average molecular weight is 580 g/mol. The lowest BCUT2D eigenvalue weighted by Gasteiger charge is -2.26. The lowest BCUT2D eigenvalue weighted by Crippen LogP contribution is -2.42. The number of nitrogens with one attached hydrogen (secondary N) is 1. The summed E-state index contributed by atoms with van der Waals surface area (Å²) in [6.45, 7) is 3.97. The number of halogens is 1. The van der Waals surface area contributed by atoms with Crippen LogP contribution in [-0.2, 0) is 16.0 Å². The summed E-state index contributed by atoms with van der Waals surface area (Å²) in [6, 6.07) is 8.14. The van der Waals surface area contributed by atoms with Crippen LogP contribution in [0.5, 0.6) is 17.2 Å². The van der Waals surface area contributed by atoms with Gasteiger partial charge in [-0.15, -0.1) is 11.3 Å². The van der Waals surface area contributed by atoms with Gasteiger partial charge in [0.25, 0.3) is 0 Å². The second kappa shape index (κ2) is 12.5. The van der Waals surface area contributed by atoms with Crippen LogP contribution < -0.4 is 19.5 Å². The first-order chi connectivity index (χ1) is 19.9. The summed E-state index contributed by atoms with van der Waals surface area (Å²) < 4.78 is 36.5. The van der Waals surface area contributed by atoms with Gasteiger partial charge in [0.05, 0.1) is 39.4 Å². The maximum absolute atomic E-state index is 14.3. The van der Waals surface area contributed by atoms with Gasteiger partial charge in [-0.1, -0.05) is 6.07 Å². The third-order valence-corrected chi connectivity index (χ3v) is 7.77. The van der Waals surface area contributed by atoms with Gasteiger partial charge < -0.3 is 29.2 Å². The molecule has 1 aromatic heterocycles. The van der Waals surface area contributed by atoms with E-state index < -0.39 is 6.09 Å². The van der Waals surface area contributed by atoms with Crippen LogP contribution in [0.25, 0.3) is 17.2 Å². The normalized spacial score (nSPS) is 15.6. The molecule has 11 heteroatoms. The van der Waals surface area contributed by atoms with Crippen molar-refractivity contribution in [2.45, 2.75) is 13.3 Å². The van der Waals surface area contributed by atoms with E-state index in [0.29, 0.717) is 37.8 Å². The van der Waals surface area contributed by atoms with Crippen LogP contribution in [0.3, 0.4) is 0 Å². The van der Waals surface area contributed by atoms with E-state index in [1.54, 1.807) is 34.8 Å². The molecule has 2 heterocycles. The zero-order chi connectivity index (χ0) is 28.9. The minimum atomic E-state index is -0.511. The van der Waals surface area contributed by atoms with Crippen molar-refractivity contribution < 1.29 is 32.9 Å². The van der Waals surface area contributed by atoms with Crippen LogP contribution in [0.4, 0.5) is 9.18 Å². The molecule has 1 saturated heterocycles. The summed E-state index contributed by atoms with van der Waals surface area (Å²) in [5.41, 5.74) is 6.59. The molecule has 1 fully saturated rings. The fourth-order valence-electron chi connectivity index (χ4n) is 4.87. The van der Waals surface area contributed by atoms with E-state index in [9.17, 15) is 14.0 Å². The Bertz CT molecular complexity index is 1490. The van der Waals surface area contributed by atoms with Crippen molar-refractivity contribution in [3.8, 4) is 17.2 Å². The zero-order valence-electron chi connectivity index (χ0n) is 23.0. The Morgan fingerprint density at radius 3 is 2.51 bits per heavy atom. The molecule has 2 aromatic carbocycles. The zero-order valence-corrected chi connectivity index (χ0v) is 23.8. The van der Waals surface area contributed by atoms with Crippen LogP contribution >= 0.6 is 11.3 Å². The number of morpholine rings is 1. The number of nitrogens with zero attached hydrogens (tertiary/aromatic N) is 2. The minimum absolute atomic E-state index is 0.137. The number of hydrogen-bond donors (Lipinski definition) is 1. The van der Waals surface area contributed by atoms with Crippen molar-refractivity contribution in [2.75, 3.05) is 47.1 Å². The van der Waals surface area contributed by atoms with Crippen LogP contribution in [0.2, 0.25) is 0 Å². The molecule has 41 heavy (non-hydrogen) atoms. The molecule has 2 aliphatic rings. The summed E-state index contributed by atoms with van der Waals surface area (Å²) in [7, 11) is 2.98. The molecule has 1 aliphatic carbocycles. The number of carbonyl (C=O) groups excluding carboxylic acids is 2. The third-order valence-electron chi connectivity index (χ3n) is 6.99. The Hall–Kier alpha value is -4.22. The highest BCUT2D eigenvalue weighted by molar-refractivity contribution is 7.09. The highest BCUT2D eigenvalue weighted by Gasteiger charge is 2.26. The van der Waals surface area contributed by atoms with Crippen molar-refractivity contribution in [1.29, 1.82) is 0 Å². The Labute approximate surface area is 241 Å². The van der Waals surface area contributed by atoms with Gasteiger partial charge in [0.2, 0.25) is 11.7 Å². The van der Waals surface area contributed by atoms with Gasteiger partial charge in [0.15, 0.2) is 11.5 Å². The van der Waals surface area contributed by atoms with E-state index >= 15 is 0 Å². The molecule has 1 N–H and O–H groups in total. The molecule has 9 nitrogen and oxygen atoms in total. The van der Waals surface area contributed by atoms with E-state index in [1.807, 2.05) is 13.0 Å². The first-order valence-corrected chi connectivity index (χ1v) is 13.9. The molecule has 214 valence electrons. The maximum atomic E-state index is 14.3. The van der Waals surface area contributed by atoms with Gasteiger partial charge in [0.1, 0.15) is 5.82 Å². The molecule has 0 bridgehead atoms. The van der Waals surface area contributed by atoms with Gasteiger partial charge in [-0.05, 0) is 70.7 Å². The minimum Gasteiger partial charge on any atom is -0.493 e. The Balaban J connectivity index is 1.44. The second-order valence-electron chi connectivity index (χ2n) is 9.49. The lowest BCUT2D eigenvalue weighted by atomic mass is 10.00. The molecule has 0 spiro atoms. The summed E-state index contributed by atoms with van der Waals surface area (Å²) in [5.74, 6) is 0.335. The smallest absolute Gasteiger partial charge is 0.415 e. The van der Waals surface area contributed by atoms with Crippen molar-refractivity contribution in [2.24, 2.45) is 0 Å². The highest BCUT2D eigenvalue weighted by Crippen LogP contribution is 2.44. The van der Waals surface area contributed by atoms with Gasteiger partial charge in [-0.3, -0.25) is 9.78 Å². The molecule has 2 amide bonds. The Morgan fingerprint density at radius 1 is 1.12 bits per heavy atom. The number of fused-ring (bicyclic) bond motifs is 1. The predicted molar refractivity (Wildman–Crippen MR) is 154 cm³/mol. The fraction of sp³-hybridized carbons (Fsp3) is 0.300. The number of aromatic nitrogens is 1. The summed E-state index contributed by atoms with van der Waals surface area (Å²) in [6.07, 6.45) is 3.34. The van der Waals surface area contributed by atoms with Crippen molar-refractivity contribution in [1.82, 2.24) is 15.2 Å². The molecule has 3 aromatic rings. The first kappa shape index (κ1) is 28.3. The maximum Gasteiger partial charge on any atom is 0.415 e. The van der Waals surface area contributed by atoms with Crippen LogP contribution in [-0.4, -0.2) is 69.0 Å². The van der Waals surface area contributed by atoms with E-state index in [0.717, 1.165) is 38.3 Å². The van der Waals surface area contributed by atoms with Gasteiger partial charge >= 0.3 is 6.09 Å². The van der Waals surface area contributed by atoms with Crippen LogP contribution in [0, 0.1) is 5.82 Å². The van der Waals surface area contributed by atoms with Crippen molar-refractivity contribution in [3.05, 3.63) is 75.0 Å².